The molecule has 1 aromatic carbocycles. The molecular weight excluding hydrogens is 252 g/mol. The Morgan fingerprint density at radius 2 is 2.05 bits per heavy atom. The van der Waals surface area contributed by atoms with E-state index < -0.39 is 0 Å². The lowest BCUT2D eigenvalue weighted by Gasteiger charge is -2.12. The highest BCUT2D eigenvalue weighted by Gasteiger charge is 2.10. The Hall–Kier alpha value is -1.81. The summed E-state index contributed by atoms with van der Waals surface area (Å²) >= 11 is 0. The molecule has 1 amide bonds. The summed E-state index contributed by atoms with van der Waals surface area (Å²) in [5.74, 6) is 0.209. The smallest absolute Gasteiger partial charge is 0.220 e. The molecule has 0 spiro atoms. The minimum absolute atomic E-state index is 0.0354. The Balaban J connectivity index is 2.24. The zero-order valence-electron chi connectivity index (χ0n) is 12.3. The Morgan fingerprint density at radius 1 is 1.40 bits per heavy atom. The van der Waals surface area contributed by atoms with Gasteiger partial charge in [-0.05, 0) is 30.5 Å². The first-order valence-corrected chi connectivity index (χ1v) is 6.83. The van der Waals surface area contributed by atoms with E-state index in [-0.39, 0.29) is 11.8 Å². The molecule has 1 unspecified atom stereocenters. The fraction of sp³-hybridized carbons (Fsp3) is 0.438. The Kier molecular flexibility index (Phi) is 6.81. The summed E-state index contributed by atoms with van der Waals surface area (Å²) in [5.41, 5.74) is 8.48. The maximum atomic E-state index is 11.8. The van der Waals surface area contributed by atoms with Gasteiger partial charge in [0.05, 0.1) is 13.2 Å². The van der Waals surface area contributed by atoms with Crippen molar-refractivity contribution in [2.24, 2.45) is 0 Å². The number of nitrogens with two attached hydrogens (primary N) is 1. The highest BCUT2D eigenvalue weighted by molar-refractivity contribution is 5.76. The van der Waals surface area contributed by atoms with Gasteiger partial charge >= 0.3 is 0 Å². The first kappa shape index (κ1) is 16.2. The molecule has 0 radical (unpaired) electrons. The highest BCUT2D eigenvalue weighted by Crippen LogP contribution is 2.19. The third-order valence-corrected chi connectivity index (χ3v) is 2.91. The van der Waals surface area contributed by atoms with Crippen LogP contribution in [0, 0.1) is 0 Å². The van der Waals surface area contributed by atoms with Crippen LogP contribution in [-0.2, 0) is 9.53 Å². The third kappa shape index (κ3) is 6.38. The van der Waals surface area contributed by atoms with Gasteiger partial charge in [-0.2, -0.15) is 0 Å². The standard InChI is InChI=1S/C16H24N2O2/c1-12(2)11-20-9-8-18-16(19)10-13(3)14-4-6-15(17)7-5-14/h4-7,13H,1,8-11,17H2,2-3H3,(H,18,19). The van der Waals surface area contributed by atoms with Crippen LogP contribution in [0.4, 0.5) is 5.69 Å². The maximum absolute atomic E-state index is 11.8. The lowest BCUT2D eigenvalue weighted by Crippen LogP contribution is -2.28. The van der Waals surface area contributed by atoms with Gasteiger partial charge in [0.2, 0.25) is 5.91 Å². The molecule has 0 heterocycles. The Labute approximate surface area is 121 Å². The fourth-order valence-corrected chi connectivity index (χ4v) is 1.80. The zero-order valence-corrected chi connectivity index (χ0v) is 12.3. The van der Waals surface area contributed by atoms with E-state index in [1.807, 2.05) is 38.1 Å². The fourth-order valence-electron chi connectivity index (χ4n) is 1.80. The van der Waals surface area contributed by atoms with Crippen LogP contribution in [0.2, 0.25) is 0 Å². The molecule has 1 rings (SSSR count). The number of benzene rings is 1. The predicted molar refractivity (Wildman–Crippen MR) is 82.5 cm³/mol. The van der Waals surface area contributed by atoms with Crippen LogP contribution in [0.5, 0.6) is 0 Å². The Bertz CT molecular complexity index is 440. The number of nitrogen functional groups attached to an aromatic ring is 1. The molecule has 0 saturated carbocycles. The summed E-state index contributed by atoms with van der Waals surface area (Å²) < 4.78 is 5.32. The number of rotatable bonds is 8. The topological polar surface area (TPSA) is 64.3 Å². The van der Waals surface area contributed by atoms with Crippen LogP contribution in [0.3, 0.4) is 0 Å². The van der Waals surface area contributed by atoms with Crippen molar-refractivity contribution in [1.82, 2.24) is 5.32 Å². The molecular formula is C16H24N2O2. The number of nitrogens with one attached hydrogen (secondary N) is 1. The van der Waals surface area contributed by atoms with Gasteiger partial charge in [-0.3, -0.25) is 4.79 Å². The first-order valence-electron chi connectivity index (χ1n) is 6.83. The molecule has 4 nitrogen and oxygen atoms in total. The van der Waals surface area contributed by atoms with E-state index in [1.54, 1.807) is 0 Å². The van der Waals surface area contributed by atoms with Crippen LogP contribution in [0.1, 0.15) is 31.7 Å². The van der Waals surface area contributed by atoms with Crippen molar-refractivity contribution in [2.45, 2.75) is 26.2 Å². The van der Waals surface area contributed by atoms with Crippen molar-refractivity contribution in [3.05, 3.63) is 42.0 Å². The van der Waals surface area contributed by atoms with E-state index in [1.165, 1.54) is 0 Å². The van der Waals surface area contributed by atoms with Crippen LogP contribution in [-0.4, -0.2) is 25.7 Å². The molecule has 0 saturated heterocycles. The number of hydrogen-bond donors (Lipinski definition) is 2. The van der Waals surface area contributed by atoms with Crippen molar-refractivity contribution in [2.75, 3.05) is 25.5 Å². The average Bonchev–Trinajstić information content (AvgIpc) is 2.38. The number of carbonyl (C=O) groups excluding carboxylic acids is 1. The lowest BCUT2D eigenvalue weighted by atomic mass is 9.97. The van der Waals surface area contributed by atoms with Crippen molar-refractivity contribution in [3.8, 4) is 0 Å². The van der Waals surface area contributed by atoms with Crippen molar-refractivity contribution < 1.29 is 9.53 Å². The number of carbonyl (C=O) groups is 1. The van der Waals surface area contributed by atoms with E-state index in [9.17, 15) is 4.79 Å². The predicted octanol–water partition coefficient (Wildman–Crippen LogP) is 2.47. The summed E-state index contributed by atoms with van der Waals surface area (Å²) in [4.78, 5) is 11.8. The van der Waals surface area contributed by atoms with Crippen molar-refractivity contribution >= 4 is 11.6 Å². The Morgan fingerprint density at radius 3 is 2.65 bits per heavy atom. The van der Waals surface area contributed by atoms with Crippen LogP contribution >= 0.6 is 0 Å². The zero-order chi connectivity index (χ0) is 15.0. The van der Waals surface area contributed by atoms with E-state index >= 15 is 0 Å². The van der Waals surface area contributed by atoms with Crippen LogP contribution in [0.25, 0.3) is 0 Å². The molecule has 1 atom stereocenters. The molecule has 0 fully saturated rings. The minimum atomic E-state index is 0.0354. The van der Waals surface area contributed by atoms with Gasteiger partial charge in [0, 0.05) is 18.7 Å². The minimum Gasteiger partial charge on any atom is -0.399 e. The van der Waals surface area contributed by atoms with Crippen LogP contribution in [0.15, 0.2) is 36.4 Å². The molecule has 0 aliphatic heterocycles. The highest BCUT2D eigenvalue weighted by atomic mass is 16.5. The summed E-state index contributed by atoms with van der Waals surface area (Å²) in [5, 5.41) is 2.85. The number of ether oxygens (including phenoxy) is 1. The molecule has 0 aliphatic carbocycles. The molecule has 0 aliphatic rings. The summed E-state index contributed by atoms with van der Waals surface area (Å²) in [7, 11) is 0. The first-order chi connectivity index (χ1) is 9.49. The lowest BCUT2D eigenvalue weighted by molar-refractivity contribution is -0.121. The summed E-state index contributed by atoms with van der Waals surface area (Å²) in [6.45, 7) is 9.26. The molecule has 1 aromatic rings. The largest absolute Gasteiger partial charge is 0.399 e. The molecule has 20 heavy (non-hydrogen) atoms. The van der Waals surface area contributed by atoms with Gasteiger partial charge in [0.15, 0.2) is 0 Å². The van der Waals surface area contributed by atoms with Gasteiger partial charge in [-0.1, -0.05) is 31.2 Å². The van der Waals surface area contributed by atoms with Gasteiger partial charge in [-0.25, -0.2) is 0 Å². The average molecular weight is 276 g/mol. The second kappa shape index (κ2) is 8.38. The summed E-state index contributed by atoms with van der Waals surface area (Å²) in [6, 6.07) is 7.64. The second-order valence-electron chi connectivity index (χ2n) is 5.13. The van der Waals surface area contributed by atoms with E-state index in [4.69, 9.17) is 10.5 Å². The SMILES string of the molecule is C=C(C)COCCNC(=O)CC(C)c1ccc(N)cc1. The second-order valence-corrected chi connectivity index (χ2v) is 5.13. The monoisotopic (exact) mass is 276 g/mol. The van der Waals surface area contributed by atoms with E-state index in [2.05, 4.69) is 11.9 Å². The maximum Gasteiger partial charge on any atom is 0.220 e. The van der Waals surface area contributed by atoms with Crippen molar-refractivity contribution in [1.29, 1.82) is 0 Å². The molecule has 110 valence electrons. The van der Waals surface area contributed by atoms with Crippen molar-refractivity contribution in [3.63, 3.8) is 0 Å². The van der Waals surface area contributed by atoms with E-state index in [0.717, 1.165) is 16.8 Å². The number of anilines is 1. The quantitative estimate of drug-likeness (QED) is 0.435. The molecule has 0 bridgehead atoms. The van der Waals surface area contributed by atoms with Gasteiger partial charge < -0.3 is 15.8 Å². The molecule has 3 N–H and O–H groups in total. The summed E-state index contributed by atoms with van der Waals surface area (Å²) in [6.07, 6.45) is 0.463. The van der Waals surface area contributed by atoms with Crippen LogP contribution < -0.4 is 11.1 Å². The normalized spacial score (nSPS) is 11.9. The number of amides is 1. The molecule has 4 heteroatoms. The third-order valence-electron chi connectivity index (χ3n) is 2.91. The number of hydrogen-bond acceptors (Lipinski definition) is 3. The van der Waals surface area contributed by atoms with Gasteiger partial charge in [0.1, 0.15) is 0 Å². The van der Waals surface area contributed by atoms with Gasteiger partial charge in [0.25, 0.3) is 0 Å². The van der Waals surface area contributed by atoms with E-state index in [0.29, 0.717) is 26.2 Å². The van der Waals surface area contributed by atoms with Gasteiger partial charge in [-0.15, -0.1) is 0 Å². The molecule has 0 aromatic heterocycles.